The largest absolute Gasteiger partial charge is 0.322 e. The predicted molar refractivity (Wildman–Crippen MR) is 121 cm³/mol. The van der Waals surface area contributed by atoms with Crippen molar-refractivity contribution in [2.75, 3.05) is 5.32 Å². The molecular weight excluding hydrogens is 389 g/mol. The van der Waals surface area contributed by atoms with Gasteiger partial charge in [-0.15, -0.1) is 0 Å². The van der Waals surface area contributed by atoms with Crippen LogP contribution in [0.5, 0.6) is 0 Å². The minimum Gasteiger partial charge on any atom is -0.322 e. The van der Waals surface area contributed by atoms with Crippen LogP contribution < -0.4 is 5.32 Å². The molecular formula is C26H24FN3O. The Morgan fingerprint density at radius 3 is 2.00 bits per heavy atom. The lowest BCUT2D eigenvalue weighted by molar-refractivity contribution is -0.116. The first-order valence-electron chi connectivity index (χ1n) is 10.2. The van der Waals surface area contributed by atoms with Crippen molar-refractivity contribution in [3.63, 3.8) is 0 Å². The third kappa shape index (κ3) is 4.56. The number of hydrogen-bond donors (Lipinski definition) is 1. The number of anilines is 1. The standard InChI is InChI=1S/C26H24FN3O/c1-18-25(19(2)30(29-18)17-20-13-15-23(27)16-14-20)28-26(31)24(21-9-5-3-6-10-21)22-11-7-4-8-12-22/h3-16,24H,17H2,1-2H3,(H,28,31). The summed E-state index contributed by atoms with van der Waals surface area (Å²) in [6.45, 7) is 4.31. The Kier molecular flexibility index (Phi) is 5.94. The van der Waals surface area contributed by atoms with Crippen molar-refractivity contribution in [2.45, 2.75) is 26.3 Å². The number of nitrogens with zero attached hydrogens (tertiary/aromatic N) is 2. The molecule has 0 spiro atoms. The summed E-state index contributed by atoms with van der Waals surface area (Å²) >= 11 is 0. The van der Waals surface area contributed by atoms with E-state index < -0.39 is 5.92 Å². The summed E-state index contributed by atoms with van der Waals surface area (Å²) < 4.78 is 15.0. The molecule has 1 aromatic heterocycles. The van der Waals surface area contributed by atoms with Gasteiger partial charge in [-0.25, -0.2) is 4.39 Å². The van der Waals surface area contributed by atoms with Crippen molar-refractivity contribution in [1.29, 1.82) is 0 Å². The maximum atomic E-state index is 13.4. The fourth-order valence-electron chi connectivity index (χ4n) is 3.78. The maximum Gasteiger partial charge on any atom is 0.236 e. The molecule has 0 saturated heterocycles. The van der Waals surface area contributed by atoms with Crippen LogP contribution in [0, 0.1) is 19.7 Å². The number of rotatable bonds is 6. The van der Waals surface area contributed by atoms with Gasteiger partial charge >= 0.3 is 0 Å². The molecule has 1 heterocycles. The lowest BCUT2D eigenvalue weighted by atomic mass is 9.90. The van der Waals surface area contributed by atoms with Gasteiger partial charge in [0.2, 0.25) is 5.91 Å². The highest BCUT2D eigenvalue weighted by Gasteiger charge is 2.24. The van der Waals surface area contributed by atoms with E-state index in [2.05, 4.69) is 10.4 Å². The summed E-state index contributed by atoms with van der Waals surface area (Å²) in [5, 5.41) is 7.70. The Bertz CT molecular complexity index is 1130. The van der Waals surface area contributed by atoms with Gasteiger partial charge in [-0.3, -0.25) is 9.48 Å². The number of carbonyl (C=O) groups excluding carboxylic acids is 1. The molecule has 0 aliphatic carbocycles. The van der Waals surface area contributed by atoms with Crippen molar-refractivity contribution < 1.29 is 9.18 Å². The minimum absolute atomic E-state index is 0.107. The van der Waals surface area contributed by atoms with Crippen LogP contribution in [-0.2, 0) is 11.3 Å². The van der Waals surface area contributed by atoms with Gasteiger partial charge in [0.1, 0.15) is 5.82 Å². The number of aromatic nitrogens is 2. The molecule has 0 aliphatic rings. The van der Waals surface area contributed by atoms with Crippen LogP contribution in [0.2, 0.25) is 0 Å². The smallest absolute Gasteiger partial charge is 0.236 e. The Hall–Kier alpha value is -3.73. The molecule has 0 atom stereocenters. The molecule has 0 radical (unpaired) electrons. The summed E-state index contributed by atoms with van der Waals surface area (Å²) in [4.78, 5) is 13.4. The van der Waals surface area contributed by atoms with E-state index in [1.165, 1.54) is 12.1 Å². The second-order valence-electron chi connectivity index (χ2n) is 7.57. The zero-order chi connectivity index (χ0) is 21.8. The SMILES string of the molecule is Cc1nn(Cc2ccc(F)cc2)c(C)c1NC(=O)C(c1ccccc1)c1ccccc1. The number of aryl methyl sites for hydroxylation is 1. The second-order valence-corrected chi connectivity index (χ2v) is 7.57. The van der Waals surface area contributed by atoms with Gasteiger partial charge in [0.25, 0.3) is 0 Å². The van der Waals surface area contributed by atoms with Gasteiger partial charge in [-0.05, 0) is 42.7 Å². The molecule has 0 aliphatic heterocycles. The van der Waals surface area contributed by atoms with Crippen molar-refractivity contribution in [3.05, 3.63) is 119 Å². The Morgan fingerprint density at radius 2 is 1.45 bits per heavy atom. The van der Waals surface area contributed by atoms with E-state index in [9.17, 15) is 9.18 Å². The maximum absolute atomic E-state index is 13.4. The number of hydrogen-bond acceptors (Lipinski definition) is 2. The predicted octanol–water partition coefficient (Wildman–Crippen LogP) is 5.46. The van der Waals surface area contributed by atoms with E-state index in [0.717, 1.165) is 28.1 Å². The van der Waals surface area contributed by atoms with Crippen molar-refractivity contribution in [2.24, 2.45) is 0 Å². The second kappa shape index (κ2) is 8.96. The number of halogens is 1. The van der Waals surface area contributed by atoms with Crippen LogP contribution >= 0.6 is 0 Å². The van der Waals surface area contributed by atoms with E-state index >= 15 is 0 Å². The quantitative estimate of drug-likeness (QED) is 0.456. The van der Waals surface area contributed by atoms with Crippen molar-refractivity contribution >= 4 is 11.6 Å². The number of benzene rings is 3. The summed E-state index contributed by atoms with van der Waals surface area (Å²) in [6.07, 6.45) is 0. The van der Waals surface area contributed by atoms with Gasteiger partial charge in [-0.1, -0.05) is 72.8 Å². The van der Waals surface area contributed by atoms with Gasteiger partial charge in [0, 0.05) is 0 Å². The first kappa shape index (κ1) is 20.5. The molecule has 4 rings (SSSR count). The molecule has 0 saturated carbocycles. The first-order valence-corrected chi connectivity index (χ1v) is 10.2. The molecule has 156 valence electrons. The fourth-order valence-corrected chi connectivity index (χ4v) is 3.78. The zero-order valence-electron chi connectivity index (χ0n) is 17.5. The van der Waals surface area contributed by atoms with E-state index in [1.54, 1.807) is 12.1 Å². The lowest BCUT2D eigenvalue weighted by Crippen LogP contribution is -2.23. The average Bonchev–Trinajstić information content (AvgIpc) is 3.04. The lowest BCUT2D eigenvalue weighted by Gasteiger charge is -2.18. The first-order chi connectivity index (χ1) is 15.0. The molecule has 1 amide bonds. The zero-order valence-corrected chi connectivity index (χ0v) is 17.5. The van der Waals surface area contributed by atoms with Crippen LogP contribution in [0.15, 0.2) is 84.9 Å². The molecule has 3 aromatic carbocycles. The molecule has 4 nitrogen and oxygen atoms in total. The van der Waals surface area contributed by atoms with Crippen LogP contribution in [0.3, 0.4) is 0 Å². The molecule has 0 unspecified atom stereocenters. The topological polar surface area (TPSA) is 46.9 Å². The molecule has 31 heavy (non-hydrogen) atoms. The van der Waals surface area contributed by atoms with Crippen LogP contribution in [-0.4, -0.2) is 15.7 Å². The van der Waals surface area contributed by atoms with Crippen molar-refractivity contribution in [3.8, 4) is 0 Å². The number of amides is 1. The fraction of sp³-hybridized carbons (Fsp3) is 0.154. The number of carbonyl (C=O) groups is 1. The van der Waals surface area contributed by atoms with E-state index in [0.29, 0.717) is 12.2 Å². The summed E-state index contributed by atoms with van der Waals surface area (Å²) in [5.41, 5.74) is 5.11. The van der Waals surface area contributed by atoms with Gasteiger partial charge in [-0.2, -0.15) is 5.10 Å². The molecule has 5 heteroatoms. The third-order valence-corrected chi connectivity index (χ3v) is 5.40. The average molecular weight is 413 g/mol. The summed E-state index contributed by atoms with van der Waals surface area (Å²) in [6, 6.07) is 25.9. The van der Waals surface area contributed by atoms with Gasteiger partial charge in [0.05, 0.1) is 29.5 Å². The highest BCUT2D eigenvalue weighted by Crippen LogP contribution is 2.28. The molecule has 0 fully saturated rings. The Balaban J connectivity index is 1.62. The van der Waals surface area contributed by atoms with Crippen LogP contribution in [0.25, 0.3) is 0 Å². The van der Waals surface area contributed by atoms with Crippen molar-refractivity contribution in [1.82, 2.24) is 9.78 Å². The molecule has 4 aromatic rings. The van der Waals surface area contributed by atoms with E-state index in [1.807, 2.05) is 79.2 Å². The van der Waals surface area contributed by atoms with Gasteiger partial charge in [0.15, 0.2) is 0 Å². The van der Waals surface area contributed by atoms with Gasteiger partial charge < -0.3 is 5.32 Å². The van der Waals surface area contributed by atoms with E-state index in [-0.39, 0.29) is 11.7 Å². The Morgan fingerprint density at radius 1 is 0.903 bits per heavy atom. The highest BCUT2D eigenvalue weighted by molar-refractivity contribution is 5.99. The van der Waals surface area contributed by atoms with Crippen LogP contribution in [0.1, 0.15) is 34.0 Å². The molecule has 0 bridgehead atoms. The molecule has 1 N–H and O–H groups in total. The highest BCUT2D eigenvalue weighted by atomic mass is 19.1. The Labute approximate surface area is 181 Å². The number of nitrogens with one attached hydrogen (secondary N) is 1. The van der Waals surface area contributed by atoms with E-state index in [4.69, 9.17) is 0 Å². The normalized spacial score (nSPS) is 11.0. The minimum atomic E-state index is -0.429. The summed E-state index contributed by atoms with van der Waals surface area (Å²) in [5.74, 6) is -0.801. The third-order valence-electron chi connectivity index (χ3n) is 5.40. The monoisotopic (exact) mass is 413 g/mol. The summed E-state index contributed by atoms with van der Waals surface area (Å²) in [7, 11) is 0. The van der Waals surface area contributed by atoms with Crippen LogP contribution in [0.4, 0.5) is 10.1 Å².